The number of carbonyl (C=O) groups excluding carboxylic acids is 1. The van der Waals surface area contributed by atoms with E-state index in [-0.39, 0.29) is 31.8 Å². The van der Waals surface area contributed by atoms with Gasteiger partial charge in [-0.25, -0.2) is 8.78 Å². The quantitative estimate of drug-likeness (QED) is 0.430. The third-order valence-electron chi connectivity index (χ3n) is 7.61. The molecule has 182 valence electrons. The van der Waals surface area contributed by atoms with Crippen LogP contribution in [0.25, 0.3) is 0 Å². The topological polar surface area (TPSA) is 44.8 Å². The minimum Gasteiger partial charge on any atom is -0.492 e. The highest BCUT2D eigenvalue weighted by molar-refractivity contribution is 14.1. The Morgan fingerprint density at radius 1 is 0.941 bits per heavy atom. The van der Waals surface area contributed by atoms with Crippen molar-refractivity contribution in [2.45, 2.75) is 44.4 Å². The van der Waals surface area contributed by atoms with E-state index in [1.54, 1.807) is 13.2 Å². The highest BCUT2D eigenvalue weighted by Crippen LogP contribution is 2.54. The Kier molecular flexibility index (Phi) is 6.37. The van der Waals surface area contributed by atoms with E-state index < -0.39 is 5.92 Å². The Labute approximate surface area is 213 Å². The zero-order chi connectivity index (χ0) is 23.9. The Hall–Kier alpha value is -2.10. The van der Waals surface area contributed by atoms with Crippen molar-refractivity contribution in [3.8, 4) is 5.75 Å². The maximum absolute atomic E-state index is 13.7. The van der Waals surface area contributed by atoms with Crippen LogP contribution in [0.15, 0.2) is 36.4 Å². The number of anilines is 3. The highest BCUT2D eigenvalue weighted by Gasteiger charge is 2.44. The highest BCUT2D eigenvalue weighted by atomic mass is 127. The molecular formula is C26H30F2IN3O2. The normalized spacial score (nSPS) is 20.8. The largest absolute Gasteiger partial charge is 0.492 e. The van der Waals surface area contributed by atoms with Crippen molar-refractivity contribution >= 4 is 45.6 Å². The van der Waals surface area contributed by atoms with Gasteiger partial charge in [0.2, 0.25) is 0 Å². The number of halogens is 3. The maximum Gasteiger partial charge on any atom is 0.257 e. The molecule has 0 atom stereocenters. The third kappa shape index (κ3) is 4.83. The minimum absolute atomic E-state index is 0.185. The van der Waals surface area contributed by atoms with Crippen LogP contribution in [0.3, 0.4) is 0 Å². The third-order valence-corrected chi connectivity index (χ3v) is 8.28. The maximum atomic E-state index is 13.7. The summed E-state index contributed by atoms with van der Waals surface area (Å²) in [6, 6.07) is 11.4. The molecule has 1 N–H and O–H groups in total. The van der Waals surface area contributed by atoms with E-state index >= 15 is 0 Å². The molecule has 34 heavy (non-hydrogen) atoms. The molecule has 0 unspecified atom stereocenters. The van der Waals surface area contributed by atoms with E-state index in [0.29, 0.717) is 22.4 Å². The van der Waals surface area contributed by atoms with Gasteiger partial charge in [-0.05, 0) is 84.0 Å². The first-order chi connectivity index (χ1) is 16.3. The Morgan fingerprint density at radius 2 is 1.59 bits per heavy atom. The number of para-hydroxylation sites is 1. The molecule has 0 aromatic heterocycles. The Morgan fingerprint density at radius 3 is 2.24 bits per heavy atom. The zero-order valence-corrected chi connectivity index (χ0v) is 21.5. The first-order valence-electron chi connectivity index (χ1n) is 11.9. The molecule has 5 nitrogen and oxygen atoms in total. The lowest BCUT2D eigenvalue weighted by molar-refractivity contribution is -0.0221. The number of hydrogen-bond donors (Lipinski definition) is 1. The number of ether oxygens (including phenoxy) is 1. The van der Waals surface area contributed by atoms with Gasteiger partial charge in [0.15, 0.2) is 5.75 Å². The molecule has 2 heterocycles. The first kappa shape index (κ1) is 23.6. The molecule has 1 spiro atoms. The predicted octanol–water partition coefficient (Wildman–Crippen LogP) is 6.17. The van der Waals surface area contributed by atoms with Crippen molar-refractivity contribution in [1.82, 2.24) is 0 Å². The molecule has 3 fully saturated rings. The van der Waals surface area contributed by atoms with Crippen molar-refractivity contribution in [3.05, 3.63) is 45.5 Å². The van der Waals surface area contributed by atoms with Crippen LogP contribution in [0.5, 0.6) is 5.75 Å². The van der Waals surface area contributed by atoms with E-state index in [9.17, 15) is 13.6 Å². The van der Waals surface area contributed by atoms with Gasteiger partial charge in [0.25, 0.3) is 11.8 Å². The van der Waals surface area contributed by atoms with Crippen LogP contribution >= 0.6 is 22.6 Å². The van der Waals surface area contributed by atoms with Gasteiger partial charge in [-0.1, -0.05) is 6.07 Å². The lowest BCUT2D eigenvalue weighted by atomic mass is 9.93. The van der Waals surface area contributed by atoms with Crippen LogP contribution in [0, 0.1) is 8.99 Å². The summed E-state index contributed by atoms with van der Waals surface area (Å²) in [5.74, 6) is -2.31. The summed E-state index contributed by atoms with van der Waals surface area (Å²) in [4.78, 5) is 17.7. The van der Waals surface area contributed by atoms with Crippen LogP contribution in [0.1, 0.15) is 48.9 Å². The number of carbonyl (C=O) groups is 1. The second kappa shape index (κ2) is 9.17. The second-order valence-corrected chi connectivity index (χ2v) is 11.0. The van der Waals surface area contributed by atoms with E-state index in [1.165, 1.54) is 25.7 Å². The number of methoxy groups -OCH3 is 1. The monoisotopic (exact) mass is 581 g/mol. The molecule has 1 saturated carbocycles. The molecule has 3 aliphatic rings. The number of rotatable bonds is 5. The van der Waals surface area contributed by atoms with Gasteiger partial charge in [-0.2, -0.15) is 0 Å². The number of benzene rings is 2. The molecule has 1 aliphatic carbocycles. The van der Waals surface area contributed by atoms with Crippen LogP contribution in [-0.2, 0) is 0 Å². The summed E-state index contributed by atoms with van der Waals surface area (Å²) in [5.41, 5.74) is 3.44. The van der Waals surface area contributed by atoms with Crippen molar-refractivity contribution in [1.29, 1.82) is 0 Å². The SMILES string of the molecule is COc1c(NC(=O)c2ccc(I)cc2N2CCC3(CC2)CC3)cccc1N1CCC(F)(F)CC1. The Bertz CT molecular complexity index is 1070. The summed E-state index contributed by atoms with van der Waals surface area (Å²) < 4.78 is 34.1. The van der Waals surface area contributed by atoms with Gasteiger partial charge >= 0.3 is 0 Å². The van der Waals surface area contributed by atoms with E-state index in [4.69, 9.17) is 4.74 Å². The summed E-state index contributed by atoms with van der Waals surface area (Å²) in [7, 11) is 1.55. The standard InChI is InChI=1S/C26H30F2IN3O2/c1-34-23-20(3-2-4-21(23)31-15-11-26(27,28)12-16-31)30-24(33)19-6-5-18(29)17-22(19)32-13-9-25(7-8-25)10-14-32/h2-6,17H,7-16H2,1H3,(H,30,33). The summed E-state index contributed by atoms with van der Waals surface area (Å²) >= 11 is 2.29. The van der Waals surface area contributed by atoms with Crippen molar-refractivity contribution in [3.63, 3.8) is 0 Å². The first-order valence-corrected chi connectivity index (χ1v) is 13.0. The number of hydrogen-bond acceptors (Lipinski definition) is 4. The van der Waals surface area contributed by atoms with Crippen LogP contribution < -0.4 is 19.9 Å². The number of nitrogens with zero attached hydrogens (tertiary/aromatic N) is 2. The fourth-order valence-electron chi connectivity index (χ4n) is 5.21. The van der Waals surface area contributed by atoms with Crippen LogP contribution in [0.2, 0.25) is 0 Å². The van der Waals surface area contributed by atoms with E-state index in [1.807, 2.05) is 29.2 Å². The van der Waals surface area contributed by atoms with Gasteiger partial charge in [0.1, 0.15) is 0 Å². The fourth-order valence-corrected chi connectivity index (χ4v) is 5.68. The predicted molar refractivity (Wildman–Crippen MR) is 140 cm³/mol. The number of nitrogens with one attached hydrogen (secondary N) is 1. The van der Waals surface area contributed by atoms with Crippen molar-refractivity contribution in [2.24, 2.45) is 5.41 Å². The fraction of sp³-hybridized carbons (Fsp3) is 0.500. The lowest BCUT2D eigenvalue weighted by Gasteiger charge is -2.35. The molecule has 2 aromatic rings. The summed E-state index contributed by atoms with van der Waals surface area (Å²) in [6.07, 6.45) is 4.68. The average molecular weight is 581 g/mol. The molecule has 2 aliphatic heterocycles. The van der Waals surface area contributed by atoms with Crippen LogP contribution in [-0.4, -0.2) is 45.1 Å². The van der Waals surface area contributed by atoms with Gasteiger partial charge in [-0.15, -0.1) is 0 Å². The van der Waals surface area contributed by atoms with E-state index in [0.717, 1.165) is 28.0 Å². The summed E-state index contributed by atoms with van der Waals surface area (Å²) in [5, 5.41) is 3.03. The average Bonchev–Trinajstić information content (AvgIpc) is 3.58. The minimum atomic E-state index is -2.62. The van der Waals surface area contributed by atoms with Crippen molar-refractivity contribution < 1.29 is 18.3 Å². The smallest absolute Gasteiger partial charge is 0.257 e. The lowest BCUT2D eigenvalue weighted by Crippen LogP contribution is -2.39. The molecule has 0 radical (unpaired) electrons. The molecule has 1 amide bonds. The van der Waals surface area contributed by atoms with E-state index in [2.05, 4.69) is 38.9 Å². The molecule has 5 rings (SSSR count). The zero-order valence-electron chi connectivity index (χ0n) is 19.4. The number of alkyl halides is 2. The second-order valence-electron chi connectivity index (χ2n) is 9.80. The molecule has 2 saturated heterocycles. The van der Waals surface area contributed by atoms with Gasteiger partial charge in [-0.3, -0.25) is 4.79 Å². The van der Waals surface area contributed by atoms with Gasteiger partial charge in [0, 0.05) is 42.6 Å². The van der Waals surface area contributed by atoms with Gasteiger partial charge < -0.3 is 19.9 Å². The van der Waals surface area contributed by atoms with Gasteiger partial charge in [0.05, 0.1) is 29.7 Å². The van der Waals surface area contributed by atoms with Crippen molar-refractivity contribution in [2.75, 3.05) is 48.4 Å². The molecular weight excluding hydrogens is 551 g/mol. The van der Waals surface area contributed by atoms with Crippen LogP contribution in [0.4, 0.5) is 25.8 Å². The summed E-state index contributed by atoms with van der Waals surface area (Å²) in [6.45, 7) is 2.44. The molecule has 2 aromatic carbocycles. The molecule has 0 bridgehead atoms. The molecule has 8 heteroatoms. The number of amides is 1. The number of piperidine rings is 2. The Balaban J connectivity index is 1.37.